The Hall–Kier alpha value is 0.270. The second kappa shape index (κ2) is 7.16. The van der Waals surface area contributed by atoms with Gasteiger partial charge in [-0.15, -0.1) is 0 Å². The molecule has 1 saturated carbocycles. The molecule has 0 radical (unpaired) electrons. The van der Waals surface area contributed by atoms with Gasteiger partial charge in [0.15, 0.2) is 0 Å². The molecule has 0 aromatic rings. The zero-order chi connectivity index (χ0) is 12.8. The van der Waals surface area contributed by atoms with E-state index in [1.54, 1.807) is 0 Å². The minimum Gasteiger partial charge on any atom is -0.313 e. The van der Waals surface area contributed by atoms with Crippen molar-refractivity contribution in [1.29, 1.82) is 0 Å². The van der Waals surface area contributed by atoms with Gasteiger partial charge in [0.05, 0.1) is 0 Å². The van der Waals surface area contributed by atoms with Crippen LogP contribution in [0.4, 0.5) is 0 Å². The highest BCUT2D eigenvalue weighted by Crippen LogP contribution is 2.42. The maximum Gasteiger partial charge on any atom is 0.0281 e. The Labute approximate surface area is 117 Å². The Morgan fingerprint density at radius 2 is 2.06 bits per heavy atom. The number of nitrogens with zero attached hydrogens (tertiary/aromatic N) is 1. The lowest BCUT2D eigenvalue weighted by atomic mass is 9.84. The molecule has 0 amide bonds. The number of likely N-dealkylation sites (tertiary alicyclic amines) is 1. The Bertz CT molecular complexity index is 235. The summed E-state index contributed by atoms with van der Waals surface area (Å²) >= 11 is 2.09. The van der Waals surface area contributed by atoms with Crippen LogP contribution in [0.15, 0.2) is 0 Å². The second-order valence-corrected chi connectivity index (χ2v) is 7.37. The third-order valence-electron chi connectivity index (χ3n) is 4.77. The van der Waals surface area contributed by atoms with Crippen LogP contribution in [0.25, 0.3) is 0 Å². The molecule has 2 aliphatic rings. The van der Waals surface area contributed by atoms with Gasteiger partial charge in [-0.05, 0) is 64.4 Å². The van der Waals surface area contributed by atoms with Gasteiger partial charge in [-0.25, -0.2) is 0 Å². The van der Waals surface area contributed by atoms with Crippen molar-refractivity contribution >= 4 is 11.8 Å². The lowest BCUT2D eigenvalue weighted by Gasteiger charge is -2.41. The fourth-order valence-electron chi connectivity index (χ4n) is 3.25. The normalized spacial score (nSPS) is 28.7. The van der Waals surface area contributed by atoms with Gasteiger partial charge in [-0.1, -0.05) is 13.3 Å². The lowest BCUT2D eigenvalue weighted by Crippen LogP contribution is -2.46. The van der Waals surface area contributed by atoms with E-state index in [9.17, 15) is 0 Å². The van der Waals surface area contributed by atoms with Crippen molar-refractivity contribution < 1.29 is 0 Å². The van der Waals surface area contributed by atoms with Crippen LogP contribution >= 0.6 is 11.8 Å². The van der Waals surface area contributed by atoms with Crippen molar-refractivity contribution in [2.45, 2.75) is 62.7 Å². The molecule has 1 N–H and O–H groups in total. The first-order valence-corrected chi connectivity index (χ1v) is 9.01. The van der Waals surface area contributed by atoms with Gasteiger partial charge in [-0.3, -0.25) is 0 Å². The molecule has 2 fully saturated rings. The number of rotatable bonds is 6. The van der Waals surface area contributed by atoms with Crippen LogP contribution in [0, 0.1) is 0 Å². The number of thioether (sulfide) groups is 1. The average molecular weight is 270 g/mol. The monoisotopic (exact) mass is 270 g/mol. The molecule has 1 atom stereocenters. The largest absolute Gasteiger partial charge is 0.313 e. The van der Waals surface area contributed by atoms with Crippen molar-refractivity contribution in [2.24, 2.45) is 0 Å². The Morgan fingerprint density at radius 3 is 2.67 bits per heavy atom. The summed E-state index contributed by atoms with van der Waals surface area (Å²) in [5.41, 5.74) is 0. The van der Waals surface area contributed by atoms with E-state index >= 15 is 0 Å². The Kier molecular flexibility index (Phi) is 5.84. The fourth-order valence-corrected chi connectivity index (χ4v) is 4.18. The zero-order valence-corrected chi connectivity index (χ0v) is 13.0. The number of hydrogen-bond donors (Lipinski definition) is 1. The molecule has 1 aliphatic carbocycles. The molecule has 1 saturated heterocycles. The molecule has 2 rings (SSSR count). The maximum absolute atomic E-state index is 3.87. The van der Waals surface area contributed by atoms with Crippen molar-refractivity contribution in [3.05, 3.63) is 0 Å². The van der Waals surface area contributed by atoms with E-state index in [-0.39, 0.29) is 0 Å². The number of nitrogens with one attached hydrogen (secondary N) is 1. The molecule has 0 aromatic heterocycles. The van der Waals surface area contributed by atoms with E-state index in [0.29, 0.717) is 4.75 Å². The van der Waals surface area contributed by atoms with Crippen LogP contribution in [0.5, 0.6) is 0 Å². The predicted octanol–water partition coefficient (Wildman–Crippen LogP) is 3.13. The third kappa shape index (κ3) is 3.88. The summed E-state index contributed by atoms with van der Waals surface area (Å²) < 4.78 is 0.593. The molecule has 1 heterocycles. The smallest absolute Gasteiger partial charge is 0.0281 e. The van der Waals surface area contributed by atoms with Gasteiger partial charge >= 0.3 is 0 Å². The summed E-state index contributed by atoms with van der Waals surface area (Å²) in [5.74, 6) is 0. The topological polar surface area (TPSA) is 15.3 Å². The van der Waals surface area contributed by atoms with Crippen molar-refractivity contribution in [3.8, 4) is 0 Å². The summed E-state index contributed by atoms with van der Waals surface area (Å²) in [6, 6.07) is 0.775. The molecule has 3 heteroatoms. The van der Waals surface area contributed by atoms with Crippen LogP contribution in [-0.4, -0.2) is 48.1 Å². The third-order valence-corrected chi connectivity index (χ3v) is 6.19. The first-order chi connectivity index (χ1) is 8.78. The molecule has 18 heavy (non-hydrogen) atoms. The molecular formula is C15H30N2S. The molecule has 1 unspecified atom stereocenters. The van der Waals surface area contributed by atoms with Crippen LogP contribution in [0.3, 0.4) is 0 Å². The van der Waals surface area contributed by atoms with Gasteiger partial charge in [0.2, 0.25) is 0 Å². The summed E-state index contributed by atoms with van der Waals surface area (Å²) in [6.07, 6.45) is 12.0. The first kappa shape index (κ1) is 14.7. The summed E-state index contributed by atoms with van der Waals surface area (Å²) in [5, 5.41) is 3.87. The van der Waals surface area contributed by atoms with E-state index in [1.807, 2.05) is 0 Å². The maximum atomic E-state index is 3.87. The van der Waals surface area contributed by atoms with Crippen LogP contribution < -0.4 is 5.32 Å². The van der Waals surface area contributed by atoms with Crippen molar-refractivity contribution in [1.82, 2.24) is 10.2 Å². The minimum absolute atomic E-state index is 0.593. The average Bonchev–Trinajstić information content (AvgIpc) is 2.55. The van der Waals surface area contributed by atoms with Crippen molar-refractivity contribution in [3.63, 3.8) is 0 Å². The van der Waals surface area contributed by atoms with Crippen LogP contribution in [0.1, 0.15) is 51.9 Å². The molecule has 2 nitrogen and oxygen atoms in total. The quantitative estimate of drug-likeness (QED) is 0.798. The Balaban J connectivity index is 1.70. The van der Waals surface area contributed by atoms with Gasteiger partial charge < -0.3 is 10.2 Å². The molecule has 106 valence electrons. The molecule has 0 spiro atoms. The highest BCUT2D eigenvalue weighted by atomic mass is 32.2. The summed E-state index contributed by atoms with van der Waals surface area (Å²) in [6.45, 7) is 7.45. The molecule has 0 aromatic carbocycles. The van der Waals surface area contributed by atoms with Gasteiger partial charge in [0.25, 0.3) is 0 Å². The van der Waals surface area contributed by atoms with Crippen molar-refractivity contribution in [2.75, 3.05) is 32.4 Å². The SMILES string of the molecule is CCCN1CCCC(NCC2(SC)CCC2)CC1. The molecule has 0 bridgehead atoms. The predicted molar refractivity (Wildman–Crippen MR) is 82.5 cm³/mol. The summed E-state index contributed by atoms with van der Waals surface area (Å²) in [7, 11) is 0. The van der Waals surface area contributed by atoms with E-state index in [0.717, 1.165) is 6.04 Å². The standard InChI is InChI=1S/C15H30N2S/c1-3-10-17-11-4-6-14(7-12-17)16-13-15(18-2)8-5-9-15/h14,16H,3-13H2,1-2H3. The second-order valence-electron chi connectivity index (χ2n) is 6.09. The highest BCUT2D eigenvalue weighted by molar-refractivity contribution is 8.00. The Morgan fingerprint density at radius 1 is 1.22 bits per heavy atom. The van der Waals surface area contributed by atoms with E-state index in [4.69, 9.17) is 0 Å². The van der Waals surface area contributed by atoms with E-state index < -0.39 is 0 Å². The van der Waals surface area contributed by atoms with E-state index in [2.05, 4.69) is 35.2 Å². The van der Waals surface area contributed by atoms with Gasteiger partial charge in [0, 0.05) is 17.3 Å². The van der Waals surface area contributed by atoms with Gasteiger partial charge in [0.1, 0.15) is 0 Å². The highest BCUT2D eigenvalue weighted by Gasteiger charge is 2.36. The lowest BCUT2D eigenvalue weighted by molar-refractivity contribution is 0.279. The minimum atomic E-state index is 0.593. The first-order valence-electron chi connectivity index (χ1n) is 7.79. The molecule has 1 aliphatic heterocycles. The van der Waals surface area contributed by atoms with E-state index in [1.165, 1.54) is 71.1 Å². The number of hydrogen-bond acceptors (Lipinski definition) is 3. The van der Waals surface area contributed by atoms with Crippen LogP contribution in [-0.2, 0) is 0 Å². The van der Waals surface area contributed by atoms with Crippen LogP contribution in [0.2, 0.25) is 0 Å². The molecular weight excluding hydrogens is 240 g/mol. The van der Waals surface area contributed by atoms with Gasteiger partial charge in [-0.2, -0.15) is 11.8 Å². The fraction of sp³-hybridized carbons (Fsp3) is 1.00. The summed E-state index contributed by atoms with van der Waals surface area (Å²) in [4.78, 5) is 2.65. The zero-order valence-electron chi connectivity index (χ0n) is 12.2.